The van der Waals surface area contributed by atoms with Gasteiger partial charge in [-0.1, -0.05) is 6.92 Å². The van der Waals surface area contributed by atoms with Crippen LogP contribution in [-0.4, -0.2) is 19.3 Å². The van der Waals surface area contributed by atoms with Crippen molar-refractivity contribution in [2.24, 2.45) is 0 Å². The quantitative estimate of drug-likeness (QED) is 0.801. The van der Waals surface area contributed by atoms with Crippen molar-refractivity contribution in [3.63, 3.8) is 0 Å². The van der Waals surface area contributed by atoms with E-state index < -0.39 is 0 Å². The van der Waals surface area contributed by atoms with Crippen molar-refractivity contribution in [1.29, 1.82) is 0 Å². The van der Waals surface area contributed by atoms with E-state index >= 15 is 0 Å². The molecule has 0 aromatic carbocycles. The SMILES string of the molecule is CCCNC(CC1(OC)CCC1)c1sc(C)cc1C. The van der Waals surface area contributed by atoms with Crippen molar-refractivity contribution in [2.75, 3.05) is 13.7 Å². The van der Waals surface area contributed by atoms with Crippen LogP contribution in [0.3, 0.4) is 0 Å². The Morgan fingerprint density at radius 3 is 2.58 bits per heavy atom. The summed E-state index contributed by atoms with van der Waals surface area (Å²) in [6, 6.07) is 2.76. The van der Waals surface area contributed by atoms with Gasteiger partial charge in [-0.2, -0.15) is 0 Å². The van der Waals surface area contributed by atoms with Crippen molar-refractivity contribution in [3.05, 3.63) is 21.4 Å². The van der Waals surface area contributed by atoms with E-state index in [1.54, 1.807) is 0 Å². The van der Waals surface area contributed by atoms with Crippen LogP contribution < -0.4 is 5.32 Å². The maximum atomic E-state index is 5.82. The summed E-state index contributed by atoms with van der Waals surface area (Å²) in [4.78, 5) is 2.92. The van der Waals surface area contributed by atoms with Gasteiger partial charge in [0.1, 0.15) is 0 Å². The fourth-order valence-electron chi connectivity index (χ4n) is 3.02. The molecular weight excluding hydrogens is 254 g/mol. The van der Waals surface area contributed by atoms with Crippen LogP contribution in [0, 0.1) is 13.8 Å². The molecule has 2 rings (SSSR count). The number of hydrogen-bond donors (Lipinski definition) is 1. The molecule has 1 heterocycles. The molecule has 1 unspecified atom stereocenters. The Morgan fingerprint density at radius 1 is 1.42 bits per heavy atom. The maximum Gasteiger partial charge on any atom is 0.0697 e. The molecule has 0 amide bonds. The van der Waals surface area contributed by atoms with E-state index in [0.717, 1.165) is 13.0 Å². The van der Waals surface area contributed by atoms with Crippen LogP contribution in [0.15, 0.2) is 6.07 Å². The fraction of sp³-hybridized carbons (Fsp3) is 0.750. The molecule has 19 heavy (non-hydrogen) atoms. The average molecular weight is 281 g/mol. The largest absolute Gasteiger partial charge is 0.378 e. The molecule has 0 spiro atoms. The first-order valence-electron chi connectivity index (χ1n) is 7.45. The predicted molar refractivity (Wildman–Crippen MR) is 83.0 cm³/mol. The minimum absolute atomic E-state index is 0.135. The van der Waals surface area contributed by atoms with Gasteiger partial charge < -0.3 is 10.1 Å². The average Bonchev–Trinajstić information content (AvgIpc) is 2.67. The number of thiophene rings is 1. The van der Waals surface area contributed by atoms with Crippen LogP contribution in [0.1, 0.15) is 60.4 Å². The van der Waals surface area contributed by atoms with Crippen LogP contribution in [0.4, 0.5) is 0 Å². The Hall–Kier alpha value is -0.380. The molecule has 1 aliphatic rings. The minimum Gasteiger partial charge on any atom is -0.378 e. The molecule has 1 aromatic heterocycles. The van der Waals surface area contributed by atoms with Gasteiger partial charge in [-0.15, -0.1) is 11.3 Å². The predicted octanol–water partition coefficient (Wildman–Crippen LogP) is 4.36. The summed E-state index contributed by atoms with van der Waals surface area (Å²) in [5.41, 5.74) is 1.57. The third-order valence-electron chi connectivity index (χ3n) is 4.31. The molecule has 0 radical (unpaired) electrons. The molecule has 0 aliphatic heterocycles. The van der Waals surface area contributed by atoms with E-state index in [4.69, 9.17) is 4.74 Å². The first-order chi connectivity index (χ1) is 9.10. The molecule has 1 aromatic rings. The molecule has 2 nitrogen and oxygen atoms in total. The highest BCUT2D eigenvalue weighted by Crippen LogP contribution is 2.43. The molecule has 0 saturated heterocycles. The molecule has 1 N–H and O–H groups in total. The van der Waals surface area contributed by atoms with Crippen LogP contribution in [-0.2, 0) is 4.74 Å². The summed E-state index contributed by atoms with van der Waals surface area (Å²) in [5, 5.41) is 3.73. The van der Waals surface area contributed by atoms with E-state index in [-0.39, 0.29) is 5.60 Å². The lowest BCUT2D eigenvalue weighted by Gasteiger charge is -2.43. The van der Waals surface area contributed by atoms with E-state index in [0.29, 0.717) is 6.04 Å². The van der Waals surface area contributed by atoms with E-state index in [1.165, 1.54) is 41.0 Å². The number of aryl methyl sites for hydroxylation is 2. The van der Waals surface area contributed by atoms with Gasteiger partial charge in [-0.25, -0.2) is 0 Å². The molecule has 1 saturated carbocycles. The van der Waals surface area contributed by atoms with Crippen molar-refractivity contribution in [2.45, 2.75) is 64.5 Å². The number of hydrogen-bond acceptors (Lipinski definition) is 3. The minimum atomic E-state index is 0.135. The zero-order chi connectivity index (χ0) is 13.9. The van der Waals surface area contributed by atoms with E-state index in [9.17, 15) is 0 Å². The highest BCUT2D eigenvalue weighted by atomic mass is 32.1. The summed E-state index contributed by atoms with van der Waals surface area (Å²) < 4.78 is 5.82. The standard InChI is InChI=1S/C16H27NOS/c1-5-9-17-14(11-16(18-4)7-6-8-16)15-12(2)10-13(3)19-15/h10,14,17H,5-9,11H2,1-4H3. The van der Waals surface area contributed by atoms with E-state index in [2.05, 4.69) is 32.2 Å². The number of nitrogens with one attached hydrogen (secondary N) is 1. The lowest BCUT2D eigenvalue weighted by Crippen LogP contribution is -2.43. The van der Waals surface area contributed by atoms with Gasteiger partial charge in [-0.05, 0) is 64.1 Å². The van der Waals surface area contributed by atoms with Crippen molar-refractivity contribution in [1.82, 2.24) is 5.32 Å². The normalized spacial score (nSPS) is 19.2. The van der Waals surface area contributed by atoms with E-state index in [1.807, 2.05) is 18.4 Å². The summed E-state index contributed by atoms with van der Waals surface area (Å²) in [6.45, 7) is 7.75. The summed E-state index contributed by atoms with van der Waals surface area (Å²) in [6.07, 6.45) is 6.05. The highest BCUT2D eigenvalue weighted by Gasteiger charge is 2.39. The monoisotopic (exact) mass is 281 g/mol. The van der Waals surface area contributed by atoms with Crippen LogP contribution in [0.5, 0.6) is 0 Å². The summed E-state index contributed by atoms with van der Waals surface area (Å²) >= 11 is 1.94. The Morgan fingerprint density at radius 2 is 2.16 bits per heavy atom. The van der Waals surface area contributed by atoms with Crippen molar-refractivity contribution >= 4 is 11.3 Å². The number of ether oxygens (including phenoxy) is 1. The molecule has 3 heteroatoms. The second-order valence-corrected chi connectivity index (χ2v) is 7.14. The third-order valence-corrected chi connectivity index (χ3v) is 5.58. The van der Waals surface area contributed by atoms with Crippen molar-refractivity contribution < 1.29 is 4.74 Å². The zero-order valence-corrected chi connectivity index (χ0v) is 13.5. The van der Waals surface area contributed by atoms with Crippen molar-refractivity contribution in [3.8, 4) is 0 Å². The first-order valence-corrected chi connectivity index (χ1v) is 8.27. The van der Waals surface area contributed by atoms with Gasteiger partial charge in [-0.3, -0.25) is 0 Å². The zero-order valence-electron chi connectivity index (χ0n) is 12.7. The maximum absolute atomic E-state index is 5.82. The molecule has 0 bridgehead atoms. The first kappa shape index (κ1) is 15.0. The van der Waals surface area contributed by atoms with Gasteiger partial charge in [0.25, 0.3) is 0 Å². The Labute approximate surface area is 121 Å². The molecule has 108 valence electrons. The van der Waals surface area contributed by atoms with Crippen LogP contribution in [0.25, 0.3) is 0 Å². The molecular formula is C16H27NOS. The number of methoxy groups -OCH3 is 1. The van der Waals surface area contributed by atoms with Crippen LogP contribution in [0.2, 0.25) is 0 Å². The van der Waals surface area contributed by atoms with Gasteiger partial charge in [0.05, 0.1) is 5.60 Å². The topological polar surface area (TPSA) is 21.3 Å². The Bertz CT molecular complexity index is 403. The fourth-order valence-corrected chi connectivity index (χ4v) is 4.13. The Balaban J connectivity index is 2.13. The van der Waals surface area contributed by atoms with Crippen LogP contribution >= 0.6 is 11.3 Å². The van der Waals surface area contributed by atoms with Gasteiger partial charge >= 0.3 is 0 Å². The molecule has 1 aliphatic carbocycles. The lowest BCUT2D eigenvalue weighted by atomic mass is 9.75. The third kappa shape index (κ3) is 3.39. The second kappa shape index (κ2) is 6.38. The summed E-state index contributed by atoms with van der Waals surface area (Å²) in [5.74, 6) is 0. The van der Waals surface area contributed by atoms with Gasteiger partial charge in [0, 0.05) is 22.9 Å². The highest BCUT2D eigenvalue weighted by molar-refractivity contribution is 7.12. The lowest BCUT2D eigenvalue weighted by molar-refractivity contribution is -0.0836. The molecule has 1 fully saturated rings. The second-order valence-electron chi connectivity index (χ2n) is 5.86. The number of rotatable bonds is 7. The van der Waals surface area contributed by atoms with Gasteiger partial charge in [0.2, 0.25) is 0 Å². The summed E-state index contributed by atoms with van der Waals surface area (Å²) in [7, 11) is 1.88. The molecule has 1 atom stereocenters. The van der Waals surface area contributed by atoms with Gasteiger partial charge in [0.15, 0.2) is 0 Å². The Kier molecular flexibility index (Phi) is 5.04. The smallest absolute Gasteiger partial charge is 0.0697 e.